The van der Waals surface area contributed by atoms with Gasteiger partial charge in [-0.25, -0.2) is 9.37 Å². The molecule has 2 aromatic carbocycles. The van der Waals surface area contributed by atoms with Gasteiger partial charge >= 0.3 is 0 Å². The van der Waals surface area contributed by atoms with Gasteiger partial charge in [-0.3, -0.25) is 15.1 Å². The number of pyridine rings is 3. The summed E-state index contributed by atoms with van der Waals surface area (Å²) in [6.07, 6.45) is 6.93. The van der Waals surface area contributed by atoms with Gasteiger partial charge in [0, 0.05) is 41.3 Å². The lowest BCUT2D eigenvalue weighted by atomic mass is 9.98. The first-order valence-electron chi connectivity index (χ1n) is 14.6. The first-order chi connectivity index (χ1) is 21.9. The lowest BCUT2D eigenvalue weighted by Crippen LogP contribution is -2.26. The Labute approximate surface area is 258 Å². The van der Waals surface area contributed by atoms with Gasteiger partial charge in [-0.2, -0.15) is 5.10 Å². The molecule has 224 valence electrons. The number of nitrogens with two attached hydrogens (primary N) is 1. The Kier molecular flexibility index (Phi) is 7.50. The van der Waals surface area contributed by atoms with Crippen LogP contribution in [0.25, 0.3) is 55.7 Å². The van der Waals surface area contributed by atoms with E-state index in [1.807, 2.05) is 79.7 Å². The van der Waals surface area contributed by atoms with E-state index in [0.717, 1.165) is 61.2 Å². The standard InChI is InChI=1S/C35H31FN8O/c1-44(2)19-30(37)23-10-22(11-25(36)12-23)27-8-9-39-35-28(27)14-32(41-35)34-29-15-31(40-18-33(29)42-43-34)24-13-26(17-38-16-24)45-20-21-6-4-3-5-7-21/h3-18,30H,19-20,37H2,1-2H3,(H,39,41)(H,42,43). The predicted octanol–water partition coefficient (Wildman–Crippen LogP) is 6.51. The van der Waals surface area contributed by atoms with Gasteiger partial charge in [0.05, 0.1) is 29.3 Å². The molecule has 0 amide bonds. The van der Waals surface area contributed by atoms with Crippen molar-refractivity contribution in [1.82, 2.24) is 35.0 Å². The molecule has 0 saturated carbocycles. The van der Waals surface area contributed by atoms with Crippen LogP contribution in [0.4, 0.5) is 4.39 Å². The molecule has 5 aromatic heterocycles. The average molecular weight is 599 g/mol. The largest absolute Gasteiger partial charge is 0.487 e. The summed E-state index contributed by atoms with van der Waals surface area (Å²) in [5.74, 6) is 0.322. The van der Waals surface area contributed by atoms with E-state index in [4.69, 9.17) is 10.5 Å². The molecule has 0 aliphatic rings. The fourth-order valence-electron chi connectivity index (χ4n) is 5.55. The van der Waals surface area contributed by atoms with Crippen molar-refractivity contribution in [2.24, 2.45) is 5.73 Å². The number of likely N-dealkylation sites (N-methyl/N-ethyl adjacent to an activating group) is 1. The van der Waals surface area contributed by atoms with Crippen molar-refractivity contribution in [3.05, 3.63) is 115 Å². The van der Waals surface area contributed by atoms with Crippen molar-refractivity contribution in [3.8, 4) is 39.5 Å². The van der Waals surface area contributed by atoms with Gasteiger partial charge in [0.15, 0.2) is 0 Å². The number of rotatable bonds is 9. The van der Waals surface area contributed by atoms with Gasteiger partial charge < -0.3 is 20.4 Å². The Morgan fingerprint density at radius 2 is 1.78 bits per heavy atom. The van der Waals surface area contributed by atoms with E-state index >= 15 is 0 Å². The van der Waals surface area contributed by atoms with E-state index in [1.54, 1.807) is 24.8 Å². The Bertz CT molecular complexity index is 2120. The molecule has 0 fully saturated rings. The van der Waals surface area contributed by atoms with E-state index in [1.165, 1.54) is 12.1 Å². The van der Waals surface area contributed by atoms with E-state index in [-0.39, 0.29) is 11.9 Å². The summed E-state index contributed by atoms with van der Waals surface area (Å²) >= 11 is 0. The van der Waals surface area contributed by atoms with Crippen LogP contribution >= 0.6 is 0 Å². The maximum absolute atomic E-state index is 14.8. The lowest BCUT2D eigenvalue weighted by Gasteiger charge is -2.18. The number of aromatic amines is 2. The highest BCUT2D eigenvalue weighted by atomic mass is 19.1. The molecule has 45 heavy (non-hydrogen) atoms. The van der Waals surface area contributed by atoms with Crippen molar-refractivity contribution in [1.29, 1.82) is 0 Å². The highest BCUT2D eigenvalue weighted by Crippen LogP contribution is 2.35. The van der Waals surface area contributed by atoms with Gasteiger partial charge in [0.2, 0.25) is 0 Å². The third-order valence-electron chi connectivity index (χ3n) is 7.71. The van der Waals surface area contributed by atoms with E-state index in [9.17, 15) is 4.39 Å². The molecular weight excluding hydrogens is 567 g/mol. The average Bonchev–Trinajstić information content (AvgIpc) is 3.68. The van der Waals surface area contributed by atoms with Crippen LogP contribution in [0, 0.1) is 5.82 Å². The summed E-state index contributed by atoms with van der Waals surface area (Å²) in [6, 6.07) is 22.5. The summed E-state index contributed by atoms with van der Waals surface area (Å²) in [5, 5.41) is 9.43. The SMILES string of the molecule is CN(C)CC(N)c1cc(F)cc(-c2ccnc3[nH]c(-c4n[nH]c5cnc(-c6cncc(OCc7ccccc7)c6)cc45)cc23)c1. The van der Waals surface area contributed by atoms with Crippen molar-refractivity contribution in [3.63, 3.8) is 0 Å². The number of hydrogen-bond acceptors (Lipinski definition) is 7. The summed E-state index contributed by atoms with van der Waals surface area (Å²) < 4.78 is 20.8. The second-order valence-electron chi connectivity index (χ2n) is 11.3. The van der Waals surface area contributed by atoms with Gasteiger partial charge in [-0.1, -0.05) is 30.3 Å². The minimum atomic E-state index is -0.334. The van der Waals surface area contributed by atoms with Crippen LogP contribution in [0.2, 0.25) is 0 Å². The van der Waals surface area contributed by atoms with Crippen LogP contribution in [0.15, 0.2) is 97.6 Å². The summed E-state index contributed by atoms with van der Waals surface area (Å²) in [7, 11) is 3.89. The molecule has 0 spiro atoms. The van der Waals surface area contributed by atoms with Crippen LogP contribution < -0.4 is 10.5 Å². The number of ether oxygens (including phenoxy) is 1. The molecule has 0 bridgehead atoms. The zero-order chi connectivity index (χ0) is 30.9. The zero-order valence-corrected chi connectivity index (χ0v) is 24.8. The smallest absolute Gasteiger partial charge is 0.138 e. The molecule has 7 aromatic rings. The van der Waals surface area contributed by atoms with Gasteiger partial charge in [0.1, 0.15) is 29.5 Å². The Morgan fingerprint density at radius 3 is 2.62 bits per heavy atom. The van der Waals surface area contributed by atoms with Crippen molar-refractivity contribution < 1.29 is 9.13 Å². The molecule has 0 radical (unpaired) electrons. The van der Waals surface area contributed by atoms with Crippen molar-refractivity contribution >= 4 is 21.9 Å². The quantitative estimate of drug-likeness (QED) is 0.173. The first-order valence-corrected chi connectivity index (χ1v) is 14.6. The highest BCUT2D eigenvalue weighted by Gasteiger charge is 2.17. The molecular formula is C35H31FN8O. The second kappa shape index (κ2) is 11.9. The fourth-order valence-corrected chi connectivity index (χ4v) is 5.55. The van der Waals surface area contributed by atoms with E-state index in [0.29, 0.717) is 24.5 Å². The molecule has 9 nitrogen and oxygen atoms in total. The summed E-state index contributed by atoms with van der Waals surface area (Å²) in [5.41, 5.74) is 14.3. The Balaban J connectivity index is 1.22. The van der Waals surface area contributed by atoms with Gasteiger partial charge in [-0.15, -0.1) is 0 Å². The summed E-state index contributed by atoms with van der Waals surface area (Å²) in [4.78, 5) is 19.0. The first kappa shape index (κ1) is 28.3. The van der Waals surface area contributed by atoms with Crippen LogP contribution in [0.3, 0.4) is 0 Å². The van der Waals surface area contributed by atoms with Crippen LogP contribution in [0.1, 0.15) is 17.2 Å². The van der Waals surface area contributed by atoms with Crippen LogP contribution in [0.5, 0.6) is 5.75 Å². The molecule has 7 rings (SSSR count). The number of fused-ring (bicyclic) bond motifs is 2. The van der Waals surface area contributed by atoms with E-state index in [2.05, 4.69) is 30.1 Å². The topological polar surface area (TPSA) is 122 Å². The van der Waals surface area contributed by atoms with Gasteiger partial charge in [-0.05, 0) is 78.8 Å². The number of hydrogen-bond donors (Lipinski definition) is 3. The third-order valence-corrected chi connectivity index (χ3v) is 7.71. The fraction of sp³-hybridized carbons (Fsp3) is 0.143. The maximum Gasteiger partial charge on any atom is 0.138 e. The number of nitrogens with one attached hydrogen (secondary N) is 2. The molecule has 10 heteroatoms. The number of halogens is 1. The molecule has 5 heterocycles. The second-order valence-corrected chi connectivity index (χ2v) is 11.3. The summed E-state index contributed by atoms with van der Waals surface area (Å²) in [6.45, 7) is 1.05. The Morgan fingerprint density at radius 1 is 0.911 bits per heavy atom. The monoisotopic (exact) mass is 598 g/mol. The molecule has 0 aliphatic heterocycles. The minimum Gasteiger partial charge on any atom is -0.487 e. The van der Waals surface area contributed by atoms with Crippen molar-refractivity contribution in [2.75, 3.05) is 20.6 Å². The predicted molar refractivity (Wildman–Crippen MR) is 174 cm³/mol. The highest BCUT2D eigenvalue weighted by molar-refractivity contribution is 6.00. The number of nitrogens with zero attached hydrogens (tertiary/aromatic N) is 5. The van der Waals surface area contributed by atoms with Crippen molar-refractivity contribution in [2.45, 2.75) is 12.6 Å². The number of aromatic nitrogens is 6. The van der Waals surface area contributed by atoms with Crippen LogP contribution in [-0.2, 0) is 6.61 Å². The number of benzene rings is 2. The molecule has 4 N–H and O–H groups in total. The molecule has 0 aliphatic carbocycles. The molecule has 1 unspecified atom stereocenters. The van der Waals surface area contributed by atoms with Gasteiger partial charge in [0.25, 0.3) is 0 Å². The maximum atomic E-state index is 14.8. The normalized spacial score (nSPS) is 12.3. The Hall–Kier alpha value is -5.45. The number of H-pyrrole nitrogens is 2. The molecule has 0 saturated heterocycles. The molecule has 1 atom stereocenters. The third kappa shape index (κ3) is 5.88. The van der Waals surface area contributed by atoms with Crippen LogP contribution in [-0.4, -0.2) is 55.7 Å². The van der Waals surface area contributed by atoms with E-state index < -0.39 is 0 Å². The lowest BCUT2D eigenvalue weighted by molar-refractivity contribution is 0.305. The zero-order valence-electron chi connectivity index (χ0n) is 24.8. The minimum absolute atomic E-state index is 0.321.